The smallest absolute Gasteiger partial charge is 0.303 e. The average Bonchev–Trinajstić information content (AvgIpc) is 3.07. The maximum Gasteiger partial charge on any atom is 0.303 e. The van der Waals surface area contributed by atoms with E-state index in [1.165, 1.54) is 14.0 Å². The van der Waals surface area contributed by atoms with Crippen LogP contribution in [-0.2, 0) is 23.7 Å². The standard InChI is InChI=1S/C10H15N3O5/c1-5(14)17-8-6(12-13-11)3-7-9(18-7)10(8)16-4-15-2/h6-10H,3-4H2,1-2H3/t6-,7-,8+,9-,10-/m1/s1. The van der Waals surface area contributed by atoms with Gasteiger partial charge in [-0.2, -0.15) is 0 Å². The fraction of sp³-hybridized carbons (Fsp3) is 0.900. The highest BCUT2D eigenvalue weighted by molar-refractivity contribution is 5.66. The molecule has 0 radical (unpaired) electrons. The molecule has 2 rings (SSSR count). The molecule has 18 heavy (non-hydrogen) atoms. The van der Waals surface area contributed by atoms with Crippen molar-refractivity contribution in [1.82, 2.24) is 0 Å². The van der Waals surface area contributed by atoms with Gasteiger partial charge in [-0.05, 0) is 12.0 Å². The van der Waals surface area contributed by atoms with Gasteiger partial charge in [-0.25, -0.2) is 0 Å². The average molecular weight is 257 g/mol. The third kappa shape index (κ3) is 2.73. The molecule has 8 nitrogen and oxygen atoms in total. The van der Waals surface area contributed by atoms with Crippen LogP contribution in [0.5, 0.6) is 0 Å². The molecular weight excluding hydrogens is 242 g/mol. The molecule has 0 bridgehead atoms. The summed E-state index contributed by atoms with van der Waals surface area (Å²) in [5.74, 6) is -0.441. The summed E-state index contributed by atoms with van der Waals surface area (Å²) in [6, 6.07) is -0.468. The van der Waals surface area contributed by atoms with Gasteiger partial charge >= 0.3 is 5.97 Å². The number of esters is 1. The van der Waals surface area contributed by atoms with Crippen LogP contribution in [0.4, 0.5) is 0 Å². The number of carbonyl (C=O) groups is 1. The minimum Gasteiger partial charge on any atom is -0.459 e. The second kappa shape index (κ2) is 5.53. The number of ether oxygens (including phenoxy) is 4. The van der Waals surface area contributed by atoms with Gasteiger partial charge in [0.1, 0.15) is 25.1 Å². The molecule has 0 N–H and O–H groups in total. The highest BCUT2D eigenvalue weighted by Gasteiger charge is 2.57. The summed E-state index contributed by atoms with van der Waals surface area (Å²) in [7, 11) is 1.50. The minimum absolute atomic E-state index is 0.00849. The van der Waals surface area contributed by atoms with Crippen molar-refractivity contribution in [2.45, 2.75) is 43.8 Å². The van der Waals surface area contributed by atoms with Crippen molar-refractivity contribution in [3.8, 4) is 0 Å². The zero-order chi connectivity index (χ0) is 13.1. The topological polar surface area (TPSA) is 106 Å². The van der Waals surface area contributed by atoms with Crippen molar-refractivity contribution in [3.63, 3.8) is 0 Å². The third-order valence-corrected chi connectivity index (χ3v) is 3.00. The van der Waals surface area contributed by atoms with Gasteiger partial charge in [0.15, 0.2) is 0 Å². The fourth-order valence-electron chi connectivity index (χ4n) is 2.27. The highest BCUT2D eigenvalue weighted by Crippen LogP contribution is 2.41. The molecule has 0 spiro atoms. The maximum absolute atomic E-state index is 11.1. The largest absolute Gasteiger partial charge is 0.459 e. The Bertz CT molecular complexity index is 371. The number of rotatable bonds is 5. The van der Waals surface area contributed by atoms with Crippen LogP contribution in [0, 0.1) is 0 Å². The van der Waals surface area contributed by atoms with Gasteiger partial charge in [0.2, 0.25) is 0 Å². The van der Waals surface area contributed by atoms with Crippen LogP contribution in [0.15, 0.2) is 5.11 Å². The Morgan fingerprint density at radius 2 is 2.33 bits per heavy atom. The molecule has 1 saturated carbocycles. The number of azide groups is 1. The molecule has 1 aliphatic carbocycles. The maximum atomic E-state index is 11.1. The Kier molecular flexibility index (Phi) is 4.03. The molecule has 0 aromatic heterocycles. The Hall–Kier alpha value is -1.34. The van der Waals surface area contributed by atoms with Crippen molar-refractivity contribution in [1.29, 1.82) is 0 Å². The second-order valence-corrected chi connectivity index (χ2v) is 4.26. The van der Waals surface area contributed by atoms with E-state index in [1.54, 1.807) is 0 Å². The lowest BCUT2D eigenvalue weighted by atomic mass is 9.90. The fourth-order valence-corrected chi connectivity index (χ4v) is 2.27. The van der Waals surface area contributed by atoms with Crippen LogP contribution in [-0.4, -0.2) is 50.3 Å². The Balaban J connectivity index is 2.11. The molecule has 0 aromatic rings. The lowest BCUT2D eigenvalue weighted by Gasteiger charge is -2.32. The summed E-state index contributed by atoms with van der Waals surface area (Å²) < 4.78 is 20.9. The number of epoxide rings is 1. The molecule has 1 aliphatic heterocycles. The van der Waals surface area contributed by atoms with E-state index in [4.69, 9.17) is 24.5 Å². The Morgan fingerprint density at radius 1 is 1.56 bits per heavy atom. The van der Waals surface area contributed by atoms with Gasteiger partial charge in [0.25, 0.3) is 0 Å². The summed E-state index contributed by atoms with van der Waals surface area (Å²) in [5.41, 5.74) is 8.54. The van der Waals surface area contributed by atoms with E-state index in [0.29, 0.717) is 6.42 Å². The van der Waals surface area contributed by atoms with Crippen LogP contribution < -0.4 is 0 Å². The molecule has 1 heterocycles. The number of hydrogen-bond acceptors (Lipinski definition) is 6. The molecule has 2 aliphatic rings. The zero-order valence-electron chi connectivity index (χ0n) is 10.2. The monoisotopic (exact) mass is 257 g/mol. The second-order valence-electron chi connectivity index (χ2n) is 4.26. The molecular formula is C10H15N3O5. The summed E-state index contributed by atoms with van der Waals surface area (Å²) in [6.07, 6.45) is -0.649. The third-order valence-electron chi connectivity index (χ3n) is 3.00. The molecule has 100 valence electrons. The molecule has 5 atom stereocenters. The van der Waals surface area contributed by atoms with Gasteiger partial charge in [0, 0.05) is 18.9 Å². The van der Waals surface area contributed by atoms with Crippen molar-refractivity contribution < 1.29 is 23.7 Å². The predicted molar refractivity (Wildman–Crippen MR) is 58.5 cm³/mol. The number of nitrogens with zero attached hydrogens (tertiary/aromatic N) is 3. The zero-order valence-corrected chi connectivity index (χ0v) is 10.2. The van der Waals surface area contributed by atoms with E-state index >= 15 is 0 Å². The van der Waals surface area contributed by atoms with E-state index < -0.39 is 24.2 Å². The van der Waals surface area contributed by atoms with E-state index in [0.717, 1.165) is 0 Å². The van der Waals surface area contributed by atoms with Crippen LogP contribution >= 0.6 is 0 Å². The normalized spacial score (nSPS) is 37.3. The number of methoxy groups -OCH3 is 1. The van der Waals surface area contributed by atoms with Gasteiger partial charge in [-0.15, -0.1) is 0 Å². The van der Waals surface area contributed by atoms with Crippen molar-refractivity contribution >= 4 is 5.97 Å². The van der Waals surface area contributed by atoms with Crippen LogP contribution in [0.2, 0.25) is 0 Å². The predicted octanol–water partition coefficient (Wildman–Crippen LogP) is 0.757. The molecule has 1 saturated heterocycles. The SMILES string of the molecule is COCO[C@@H]1[C@@H](OC(C)=O)[C@H](N=[N+]=[N-])C[C@H]2O[C@@H]12. The minimum atomic E-state index is -0.628. The Labute approximate surface area is 104 Å². The van der Waals surface area contributed by atoms with E-state index in [-0.39, 0.29) is 19.0 Å². The summed E-state index contributed by atoms with van der Waals surface area (Å²) in [6.45, 7) is 1.37. The van der Waals surface area contributed by atoms with Crippen molar-refractivity contribution in [2.24, 2.45) is 5.11 Å². The van der Waals surface area contributed by atoms with Gasteiger partial charge in [0.05, 0.1) is 12.1 Å². The van der Waals surface area contributed by atoms with Gasteiger partial charge in [-0.3, -0.25) is 4.79 Å². The first-order valence-corrected chi connectivity index (χ1v) is 5.64. The van der Waals surface area contributed by atoms with Crippen LogP contribution in [0.1, 0.15) is 13.3 Å². The van der Waals surface area contributed by atoms with E-state index in [9.17, 15) is 4.79 Å². The lowest BCUT2D eigenvalue weighted by Crippen LogP contribution is -2.49. The Morgan fingerprint density at radius 3 is 2.94 bits per heavy atom. The summed E-state index contributed by atoms with van der Waals surface area (Å²) >= 11 is 0. The highest BCUT2D eigenvalue weighted by atomic mass is 16.7. The quantitative estimate of drug-likeness (QED) is 0.180. The number of carbonyl (C=O) groups excluding carboxylic acids is 1. The van der Waals surface area contributed by atoms with E-state index in [2.05, 4.69) is 10.0 Å². The van der Waals surface area contributed by atoms with Crippen molar-refractivity contribution in [3.05, 3.63) is 10.4 Å². The first kappa shape index (κ1) is 13.1. The van der Waals surface area contributed by atoms with Gasteiger partial charge < -0.3 is 18.9 Å². The summed E-state index contributed by atoms with van der Waals surface area (Å²) in [4.78, 5) is 13.9. The molecule has 0 amide bonds. The van der Waals surface area contributed by atoms with Crippen molar-refractivity contribution in [2.75, 3.05) is 13.9 Å². The van der Waals surface area contributed by atoms with Gasteiger partial charge in [-0.1, -0.05) is 5.11 Å². The molecule has 0 aromatic carbocycles. The molecule has 2 fully saturated rings. The first-order chi connectivity index (χ1) is 8.67. The number of fused-ring (bicyclic) bond motifs is 1. The lowest BCUT2D eigenvalue weighted by molar-refractivity contribution is -0.169. The summed E-state index contributed by atoms with van der Waals surface area (Å²) in [5, 5.41) is 3.66. The molecule has 0 unspecified atom stereocenters. The number of hydrogen-bond donors (Lipinski definition) is 0. The van der Waals surface area contributed by atoms with Crippen LogP contribution in [0.25, 0.3) is 10.4 Å². The molecule has 8 heteroatoms. The van der Waals surface area contributed by atoms with E-state index in [1.807, 2.05) is 0 Å². The van der Waals surface area contributed by atoms with Crippen LogP contribution in [0.3, 0.4) is 0 Å². The first-order valence-electron chi connectivity index (χ1n) is 5.64.